The van der Waals surface area contributed by atoms with Crippen molar-refractivity contribution in [2.45, 2.75) is 18.2 Å². The van der Waals surface area contributed by atoms with Crippen LogP contribution in [0.5, 0.6) is 0 Å². The first-order chi connectivity index (χ1) is 14.3. The fourth-order valence-corrected chi connectivity index (χ4v) is 4.46. The van der Waals surface area contributed by atoms with E-state index in [1.54, 1.807) is 13.0 Å². The van der Waals surface area contributed by atoms with Crippen molar-refractivity contribution in [3.63, 3.8) is 0 Å². The molecule has 0 bridgehead atoms. The number of anilines is 2. The van der Waals surface area contributed by atoms with Gasteiger partial charge in [0.15, 0.2) is 9.84 Å². The highest BCUT2D eigenvalue weighted by Gasteiger charge is 2.18. The minimum absolute atomic E-state index is 0.00220. The van der Waals surface area contributed by atoms with Crippen molar-refractivity contribution < 1.29 is 17.6 Å². The number of sulfone groups is 1. The Morgan fingerprint density at radius 3 is 2.37 bits per heavy atom. The average Bonchev–Trinajstić information content (AvgIpc) is 2.71. The van der Waals surface area contributed by atoms with Crippen LogP contribution in [0.1, 0.15) is 13.3 Å². The maximum atomic E-state index is 13.5. The molecule has 0 heterocycles. The molecule has 8 heteroatoms. The minimum atomic E-state index is -3.48. The second-order valence-corrected chi connectivity index (χ2v) is 9.11. The van der Waals surface area contributed by atoms with E-state index < -0.39 is 21.7 Å². The highest BCUT2D eigenvalue weighted by atomic mass is 35.5. The highest BCUT2D eigenvalue weighted by molar-refractivity contribution is 7.91. The molecule has 0 aliphatic rings. The number of amides is 2. The molecule has 0 saturated carbocycles. The molecule has 2 amide bonds. The van der Waals surface area contributed by atoms with E-state index in [1.165, 1.54) is 24.3 Å². The zero-order valence-corrected chi connectivity index (χ0v) is 17.7. The summed E-state index contributed by atoms with van der Waals surface area (Å²) in [6, 6.07) is 16.8. The smallest absolute Gasteiger partial charge is 0.307 e. The molecule has 3 aromatic carbocycles. The molecular weight excluding hydrogens is 427 g/mol. The van der Waals surface area contributed by atoms with Crippen molar-refractivity contribution in [2.24, 2.45) is 0 Å². The van der Waals surface area contributed by atoms with Gasteiger partial charge in [-0.3, -0.25) is 0 Å². The number of urea groups is 1. The number of rotatable bonds is 6. The lowest BCUT2D eigenvalue weighted by Gasteiger charge is -2.15. The maximum absolute atomic E-state index is 13.5. The number of nitrogens with one attached hydrogen (secondary N) is 2. The Kier molecular flexibility index (Phi) is 6.74. The Bertz CT molecular complexity index is 1170. The van der Waals surface area contributed by atoms with Crippen molar-refractivity contribution in [1.82, 2.24) is 0 Å². The van der Waals surface area contributed by atoms with Gasteiger partial charge in [0.05, 0.1) is 27.0 Å². The summed E-state index contributed by atoms with van der Waals surface area (Å²) in [7, 11) is -3.48. The number of hydrogen-bond acceptors (Lipinski definition) is 3. The molecule has 0 unspecified atom stereocenters. The molecule has 0 saturated heterocycles. The Morgan fingerprint density at radius 2 is 1.67 bits per heavy atom. The van der Waals surface area contributed by atoms with Crippen LogP contribution < -0.4 is 10.6 Å². The Morgan fingerprint density at radius 1 is 0.967 bits per heavy atom. The number of hydrogen-bond donors (Lipinski definition) is 2. The van der Waals surface area contributed by atoms with Crippen molar-refractivity contribution in [2.75, 3.05) is 16.4 Å². The predicted molar refractivity (Wildman–Crippen MR) is 118 cm³/mol. The first-order valence-corrected chi connectivity index (χ1v) is 11.3. The lowest BCUT2D eigenvalue weighted by molar-refractivity contribution is 0.262. The lowest BCUT2D eigenvalue weighted by Crippen LogP contribution is -2.20. The van der Waals surface area contributed by atoms with E-state index in [0.717, 1.165) is 11.6 Å². The zero-order chi connectivity index (χ0) is 21.7. The molecule has 2 N–H and O–H groups in total. The van der Waals surface area contributed by atoms with Gasteiger partial charge in [-0.1, -0.05) is 54.9 Å². The van der Waals surface area contributed by atoms with Gasteiger partial charge in [0, 0.05) is 5.56 Å². The van der Waals surface area contributed by atoms with Crippen molar-refractivity contribution in [1.29, 1.82) is 0 Å². The molecule has 0 aliphatic carbocycles. The SMILES string of the molecule is CCCS(=O)(=O)c1ccc(-c2ccccc2)c(NC(=O)Nc2cc(F)ccc2Cl)c1. The van der Waals surface area contributed by atoms with Gasteiger partial charge >= 0.3 is 6.03 Å². The van der Waals surface area contributed by atoms with E-state index in [4.69, 9.17) is 11.6 Å². The topological polar surface area (TPSA) is 75.3 Å². The van der Waals surface area contributed by atoms with Gasteiger partial charge < -0.3 is 10.6 Å². The molecule has 156 valence electrons. The molecule has 0 fully saturated rings. The summed E-state index contributed by atoms with van der Waals surface area (Å²) in [6.07, 6.45) is 0.476. The van der Waals surface area contributed by atoms with E-state index in [2.05, 4.69) is 10.6 Å². The zero-order valence-electron chi connectivity index (χ0n) is 16.2. The van der Waals surface area contributed by atoms with Gasteiger partial charge in [-0.25, -0.2) is 17.6 Å². The third kappa shape index (κ3) is 5.17. The Labute approximate surface area is 179 Å². The van der Waals surface area contributed by atoms with Gasteiger partial charge in [0.25, 0.3) is 0 Å². The van der Waals surface area contributed by atoms with Crippen LogP contribution in [0.3, 0.4) is 0 Å². The van der Waals surface area contributed by atoms with Crippen LogP contribution in [-0.4, -0.2) is 20.2 Å². The minimum Gasteiger partial charge on any atom is -0.307 e. The van der Waals surface area contributed by atoms with Crippen LogP contribution in [0.15, 0.2) is 71.6 Å². The van der Waals surface area contributed by atoms with E-state index in [0.29, 0.717) is 17.7 Å². The summed E-state index contributed by atoms with van der Waals surface area (Å²) in [5, 5.41) is 5.33. The monoisotopic (exact) mass is 446 g/mol. The van der Waals surface area contributed by atoms with Crippen molar-refractivity contribution in [3.8, 4) is 11.1 Å². The molecule has 0 aromatic heterocycles. The summed E-state index contributed by atoms with van der Waals surface area (Å²) in [6.45, 7) is 1.78. The van der Waals surface area contributed by atoms with Crippen LogP contribution in [0.2, 0.25) is 5.02 Å². The van der Waals surface area contributed by atoms with Crippen molar-refractivity contribution >= 4 is 38.8 Å². The molecule has 30 heavy (non-hydrogen) atoms. The number of benzene rings is 3. The van der Waals surface area contributed by atoms with Gasteiger partial charge in [-0.15, -0.1) is 0 Å². The second kappa shape index (κ2) is 9.28. The summed E-state index contributed by atoms with van der Waals surface area (Å²) >= 11 is 6.00. The molecule has 0 aliphatic heterocycles. The van der Waals surface area contributed by atoms with Gasteiger partial charge in [0.2, 0.25) is 0 Å². The predicted octanol–water partition coefficient (Wildman–Crippen LogP) is 5.97. The van der Waals surface area contributed by atoms with Crippen LogP contribution in [0.4, 0.5) is 20.6 Å². The summed E-state index contributed by atoms with van der Waals surface area (Å²) in [5.41, 5.74) is 1.86. The quantitative estimate of drug-likeness (QED) is 0.489. The molecule has 0 spiro atoms. The van der Waals surface area contributed by atoms with Crippen LogP contribution in [-0.2, 0) is 9.84 Å². The van der Waals surface area contributed by atoms with E-state index in [-0.39, 0.29) is 21.4 Å². The number of halogens is 2. The largest absolute Gasteiger partial charge is 0.323 e. The van der Waals surface area contributed by atoms with Gasteiger partial charge in [0.1, 0.15) is 5.82 Å². The third-order valence-corrected chi connectivity index (χ3v) is 6.58. The number of carbonyl (C=O) groups is 1. The second-order valence-electron chi connectivity index (χ2n) is 6.60. The maximum Gasteiger partial charge on any atom is 0.323 e. The lowest BCUT2D eigenvalue weighted by atomic mass is 10.0. The molecule has 0 radical (unpaired) electrons. The summed E-state index contributed by atoms with van der Waals surface area (Å²) in [4.78, 5) is 12.7. The average molecular weight is 447 g/mol. The first kappa shape index (κ1) is 21.8. The Balaban J connectivity index is 1.97. The standard InChI is InChI=1S/C22H20ClFN2O3S/c1-2-12-30(28,29)17-9-10-18(15-6-4-3-5-7-15)20(14-17)25-22(27)26-21-13-16(24)8-11-19(21)23/h3-11,13-14H,2,12H2,1H3,(H2,25,26,27). The van der Waals surface area contributed by atoms with Gasteiger partial charge in [-0.05, 0) is 42.3 Å². The molecule has 3 aromatic rings. The molecule has 5 nitrogen and oxygen atoms in total. The van der Waals surface area contributed by atoms with Crippen LogP contribution in [0.25, 0.3) is 11.1 Å². The normalized spacial score (nSPS) is 11.2. The van der Waals surface area contributed by atoms with E-state index in [9.17, 15) is 17.6 Å². The molecular formula is C22H20ClFN2O3S. The summed E-state index contributed by atoms with van der Waals surface area (Å²) < 4.78 is 38.5. The number of carbonyl (C=O) groups excluding carboxylic acids is 1. The fourth-order valence-electron chi connectivity index (χ4n) is 2.95. The van der Waals surface area contributed by atoms with E-state index >= 15 is 0 Å². The molecule has 0 atom stereocenters. The van der Waals surface area contributed by atoms with Crippen LogP contribution >= 0.6 is 11.6 Å². The molecule has 3 rings (SSSR count). The van der Waals surface area contributed by atoms with E-state index in [1.807, 2.05) is 30.3 Å². The summed E-state index contributed by atoms with van der Waals surface area (Å²) in [5.74, 6) is -0.547. The fraction of sp³-hybridized carbons (Fsp3) is 0.136. The van der Waals surface area contributed by atoms with Crippen molar-refractivity contribution in [3.05, 3.63) is 77.6 Å². The first-order valence-electron chi connectivity index (χ1n) is 9.25. The highest BCUT2D eigenvalue weighted by Crippen LogP contribution is 2.31. The third-order valence-electron chi connectivity index (χ3n) is 4.33. The Hall–Kier alpha value is -2.90. The van der Waals surface area contributed by atoms with Crippen LogP contribution in [0, 0.1) is 5.82 Å². The van der Waals surface area contributed by atoms with Gasteiger partial charge in [-0.2, -0.15) is 0 Å².